The van der Waals surface area contributed by atoms with Crippen LogP contribution in [0.3, 0.4) is 0 Å². The number of hydrogen-bond acceptors (Lipinski definition) is 4. The first-order valence-electron chi connectivity index (χ1n) is 5.43. The fourth-order valence-electron chi connectivity index (χ4n) is 1.99. The molecule has 0 spiro atoms. The highest BCUT2D eigenvalue weighted by atomic mass is 16.6. The number of methoxy groups -OCH3 is 1. The average Bonchev–Trinajstić information content (AvgIpc) is 3.07. The topological polar surface area (TPSA) is 47.9 Å². The summed E-state index contributed by atoms with van der Waals surface area (Å²) in [7, 11) is 1.60. The average molecular weight is 222 g/mol. The van der Waals surface area contributed by atoms with Gasteiger partial charge in [-0.05, 0) is 18.9 Å². The van der Waals surface area contributed by atoms with Crippen molar-refractivity contribution in [2.75, 3.05) is 20.3 Å². The Labute approximate surface area is 93.7 Å². The van der Waals surface area contributed by atoms with E-state index in [1.807, 2.05) is 6.07 Å². The summed E-state index contributed by atoms with van der Waals surface area (Å²) < 4.78 is 16.2. The SMILES string of the molecule is COc1cc2c(cc1C1(O)CC1)OCCO2. The molecule has 4 heteroatoms. The molecule has 3 rings (SSSR count). The van der Waals surface area contributed by atoms with Crippen LogP contribution in [-0.2, 0) is 5.60 Å². The Morgan fingerprint density at radius 2 is 1.81 bits per heavy atom. The summed E-state index contributed by atoms with van der Waals surface area (Å²) in [6.45, 7) is 1.11. The molecule has 1 aliphatic heterocycles. The molecule has 2 aliphatic rings. The molecule has 4 nitrogen and oxygen atoms in total. The lowest BCUT2D eigenvalue weighted by Crippen LogP contribution is -2.17. The van der Waals surface area contributed by atoms with Gasteiger partial charge in [-0.25, -0.2) is 0 Å². The van der Waals surface area contributed by atoms with E-state index in [-0.39, 0.29) is 0 Å². The highest BCUT2D eigenvalue weighted by Crippen LogP contribution is 2.51. The summed E-state index contributed by atoms with van der Waals surface area (Å²) in [6.07, 6.45) is 1.56. The molecule has 0 amide bonds. The number of hydrogen-bond donors (Lipinski definition) is 1. The minimum Gasteiger partial charge on any atom is -0.496 e. The van der Waals surface area contributed by atoms with E-state index in [1.165, 1.54) is 0 Å². The minimum atomic E-state index is -0.721. The van der Waals surface area contributed by atoms with Gasteiger partial charge in [0.25, 0.3) is 0 Å². The first-order chi connectivity index (χ1) is 7.73. The minimum absolute atomic E-state index is 0.553. The molecule has 1 fully saturated rings. The Hall–Kier alpha value is -1.42. The van der Waals surface area contributed by atoms with E-state index >= 15 is 0 Å². The highest BCUT2D eigenvalue weighted by Gasteiger charge is 2.45. The van der Waals surface area contributed by atoms with Gasteiger partial charge in [0.05, 0.1) is 12.7 Å². The van der Waals surface area contributed by atoms with Gasteiger partial charge in [0, 0.05) is 11.6 Å². The first kappa shape index (κ1) is 9.78. The van der Waals surface area contributed by atoms with Crippen LogP contribution >= 0.6 is 0 Å². The van der Waals surface area contributed by atoms with Gasteiger partial charge in [0.1, 0.15) is 19.0 Å². The maximum absolute atomic E-state index is 10.1. The van der Waals surface area contributed by atoms with E-state index in [4.69, 9.17) is 14.2 Å². The summed E-state index contributed by atoms with van der Waals surface area (Å²) in [5.74, 6) is 2.06. The molecular weight excluding hydrogens is 208 g/mol. The largest absolute Gasteiger partial charge is 0.496 e. The van der Waals surface area contributed by atoms with Crippen LogP contribution in [-0.4, -0.2) is 25.4 Å². The molecule has 1 heterocycles. The second kappa shape index (κ2) is 3.28. The Bertz CT molecular complexity index is 423. The molecule has 1 saturated carbocycles. The maximum Gasteiger partial charge on any atom is 0.165 e. The zero-order valence-electron chi connectivity index (χ0n) is 9.16. The predicted octanol–water partition coefficient (Wildman–Crippen LogP) is 1.45. The molecule has 0 radical (unpaired) electrons. The van der Waals surface area contributed by atoms with Crippen molar-refractivity contribution in [2.45, 2.75) is 18.4 Å². The third-order valence-electron chi connectivity index (χ3n) is 3.09. The molecule has 1 N–H and O–H groups in total. The highest BCUT2D eigenvalue weighted by molar-refractivity contribution is 5.54. The van der Waals surface area contributed by atoms with Gasteiger partial charge < -0.3 is 19.3 Å². The smallest absolute Gasteiger partial charge is 0.165 e. The van der Waals surface area contributed by atoms with Crippen LogP contribution in [0.5, 0.6) is 17.2 Å². The van der Waals surface area contributed by atoms with Gasteiger partial charge in [-0.1, -0.05) is 0 Å². The van der Waals surface area contributed by atoms with Gasteiger partial charge >= 0.3 is 0 Å². The first-order valence-corrected chi connectivity index (χ1v) is 5.43. The molecule has 1 aromatic carbocycles. The molecule has 0 saturated heterocycles. The Balaban J connectivity index is 2.09. The molecule has 16 heavy (non-hydrogen) atoms. The molecule has 0 unspecified atom stereocenters. The molecule has 0 aromatic heterocycles. The Morgan fingerprint density at radius 1 is 1.19 bits per heavy atom. The van der Waals surface area contributed by atoms with Crippen LogP contribution in [0.4, 0.5) is 0 Å². The van der Waals surface area contributed by atoms with E-state index in [0.29, 0.717) is 30.5 Å². The summed E-state index contributed by atoms with van der Waals surface area (Å²) in [4.78, 5) is 0. The number of rotatable bonds is 2. The molecule has 86 valence electrons. The number of aliphatic hydroxyl groups is 1. The Kier molecular flexibility index (Phi) is 2.01. The van der Waals surface area contributed by atoms with Gasteiger partial charge in [0.15, 0.2) is 11.5 Å². The Morgan fingerprint density at radius 3 is 2.38 bits per heavy atom. The zero-order valence-corrected chi connectivity index (χ0v) is 9.16. The zero-order chi connectivity index (χ0) is 11.2. The van der Waals surface area contributed by atoms with Crippen LogP contribution in [0.2, 0.25) is 0 Å². The van der Waals surface area contributed by atoms with Crippen molar-refractivity contribution in [3.05, 3.63) is 17.7 Å². The van der Waals surface area contributed by atoms with Gasteiger partial charge in [0.2, 0.25) is 0 Å². The van der Waals surface area contributed by atoms with E-state index in [1.54, 1.807) is 13.2 Å². The second-order valence-corrected chi connectivity index (χ2v) is 4.23. The van der Waals surface area contributed by atoms with Crippen molar-refractivity contribution in [3.8, 4) is 17.2 Å². The monoisotopic (exact) mass is 222 g/mol. The van der Waals surface area contributed by atoms with Crippen LogP contribution in [0.15, 0.2) is 12.1 Å². The van der Waals surface area contributed by atoms with Crippen LogP contribution < -0.4 is 14.2 Å². The van der Waals surface area contributed by atoms with Crippen molar-refractivity contribution in [1.29, 1.82) is 0 Å². The summed E-state index contributed by atoms with van der Waals surface area (Å²) >= 11 is 0. The number of fused-ring (bicyclic) bond motifs is 1. The normalized spacial score (nSPS) is 20.4. The number of ether oxygens (including phenoxy) is 3. The van der Waals surface area contributed by atoms with Crippen LogP contribution in [0.1, 0.15) is 18.4 Å². The lowest BCUT2D eigenvalue weighted by atomic mass is 10.1. The third-order valence-corrected chi connectivity index (χ3v) is 3.09. The maximum atomic E-state index is 10.1. The predicted molar refractivity (Wildman–Crippen MR) is 57.1 cm³/mol. The van der Waals surface area contributed by atoms with E-state index < -0.39 is 5.60 Å². The number of benzene rings is 1. The molecule has 0 bridgehead atoms. The fraction of sp³-hybridized carbons (Fsp3) is 0.500. The van der Waals surface area contributed by atoms with E-state index in [0.717, 1.165) is 18.4 Å². The van der Waals surface area contributed by atoms with E-state index in [2.05, 4.69) is 0 Å². The van der Waals surface area contributed by atoms with Crippen LogP contribution in [0.25, 0.3) is 0 Å². The summed E-state index contributed by atoms with van der Waals surface area (Å²) in [5, 5.41) is 10.1. The third kappa shape index (κ3) is 1.41. The molecular formula is C12H14O4. The summed E-state index contributed by atoms with van der Waals surface area (Å²) in [5.41, 5.74) is 0.0838. The lowest BCUT2D eigenvalue weighted by Gasteiger charge is -2.22. The van der Waals surface area contributed by atoms with Crippen LogP contribution in [0, 0.1) is 0 Å². The molecule has 1 aromatic rings. The van der Waals surface area contributed by atoms with Crippen molar-refractivity contribution in [1.82, 2.24) is 0 Å². The van der Waals surface area contributed by atoms with Gasteiger partial charge in [-0.15, -0.1) is 0 Å². The van der Waals surface area contributed by atoms with Gasteiger partial charge in [-0.3, -0.25) is 0 Å². The lowest BCUT2D eigenvalue weighted by molar-refractivity contribution is 0.142. The van der Waals surface area contributed by atoms with Gasteiger partial charge in [-0.2, -0.15) is 0 Å². The van der Waals surface area contributed by atoms with Crippen molar-refractivity contribution < 1.29 is 19.3 Å². The van der Waals surface area contributed by atoms with Crippen molar-refractivity contribution in [3.63, 3.8) is 0 Å². The quantitative estimate of drug-likeness (QED) is 0.822. The molecule has 1 aliphatic carbocycles. The fourth-order valence-corrected chi connectivity index (χ4v) is 1.99. The molecule has 0 atom stereocenters. The summed E-state index contributed by atoms with van der Waals surface area (Å²) in [6, 6.07) is 3.63. The standard InChI is InChI=1S/C12H14O4/c1-14-9-7-11-10(15-4-5-16-11)6-8(9)12(13)2-3-12/h6-7,13H,2-5H2,1H3. The second-order valence-electron chi connectivity index (χ2n) is 4.23. The van der Waals surface area contributed by atoms with E-state index in [9.17, 15) is 5.11 Å². The van der Waals surface area contributed by atoms with Crippen molar-refractivity contribution >= 4 is 0 Å². The van der Waals surface area contributed by atoms with Crippen molar-refractivity contribution in [2.24, 2.45) is 0 Å².